The van der Waals surface area contributed by atoms with Crippen LogP contribution in [0.2, 0.25) is 0 Å². The predicted molar refractivity (Wildman–Crippen MR) is 121 cm³/mol. The Bertz CT molecular complexity index is 1200. The van der Waals surface area contributed by atoms with E-state index in [1.54, 1.807) is 57.2 Å². The quantitative estimate of drug-likeness (QED) is 0.504. The molecule has 3 rings (SSSR count). The van der Waals surface area contributed by atoms with E-state index in [0.717, 1.165) is 0 Å². The number of hydrogen-bond acceptors (Lipinski definition) is 5. The van der Waals surface area contributed by atoms with Crippen LogP contribution in [0.3, 0.4) is 0 Å². The molecule has 1 heterocycles. The van der Waals surface area contributed by atoms with Crippen LogP contribution in [0.4, 0.5) is 5.69 Å². The Morgan fingerprint density at radius 1 is 0.906 bits per heavy atom. The molecule has 8 nitrogen and oxygen atoms in total. The molecule has 0 aliphatic heterocycles. The average Bonchev–Trinajstić information content (AvgIpc) is 3.24. The second-order valence-electron chi connectivity index (χ2n) is 8.14. The molecule has 0 saturated carbocycles. The highest BCUT2D eigenvalue weighted by atomic mass is 32.2. The SMILES string of the molecule is CC(C)(C)NS(=O)(=O)c1ccc(C(=O)Nc2ccccc2C(=O)NCc2ccco2)cc1. The molecule has 9 heteroatoms. The maximum atomic E-state index is 12.7. The number of hydrogen-bond donors (Lipinski definition) is 3. The largest absolute Gasteiger partial charge is 0.467 e. The molecule has 0 aliphatic carbocycles. The summed E-state index contributed by atoms with van der Waals surface area (Å²) < 4.78 is 32.6. The summed E-state index contributed by atoms with van der Waals surface area (Å²) in [6.07, 6.45) is 1.52. The van der Waals surface area contributed by atoms with Crippen LogP contribution in [0, 0.1) is 0 Å². The fraction of sp³-hybridized carbons (Fsp3) is 0.217. The number of anilines is 1. The third-order valence-electron chi connectivity index (χ3n) is 4.29. The molecule has 1 aromatic heterocycles. The van der Waals surface area contributed by atoms with E-state index in [-0.39, 0.29) is 22.9 Å². The first-order valence-corrected chi connectivity index (χ1v) is 11.4. The Morgan fingerprint density at radius 3 is 2.22 bits per heavy atom. The molecule has 168 valence electrons. The summed E-state index contributed by atoms with van der Waals surface area (Å²) in [4.78, 5) is 25.3. The number of sulfonamides is 1. The molecule has 2 aromatic carbocycles. The van der Waals surface area contributed by atoms with Gasteiger partial charge in [-0.3, -0.25) is 9.59 Å². The Kier molecular flexibility index (Phi) is 6.81. The van der Waals surface area contributed by atoms with Crippen LogP contribution in [-0.2, 0) is 16.6 Å². The number of para-hydroxylation sites is 1. The number of carbonyl (C=O) groups is 2. The van der Waals surface area contributed by atoms with Gasteiger partial charge < -0.3 is 15.1 Å². The fourth-order valence-electron chi connectivity index (χ4n) is 2.91. The van der Waals surface area contributed by atoms with Crippen LogP contribution in [0.25, 0.3) is 0 Å². The molecule has 3 aromatic rings. The standard InChI is InChI=1S/C23H25N3O5S/c1-23(2,3)26-32(29,30)18-12-10-16(11-13-18)21(27)25-20-9-5-4-8-19(20)22(28)24-15-17-7-6-14-31-17/h4-14,26H,15H2,1-3H3,(H,24,28)(H,25,27). The molecule has 0 radical (unpaired) electrons. The van der Waals surface area contributed by atoms with E-state index in [2.05, 4.69) is 15.4 Å². The maximum Gasteiger partial charge on any atom is 0.255 e. The Morgan fingerprint density at radius 2 is 1.59 bits per heavy atom. The second-order valence-corrected chi connectivity index (χ2v) is 9.82. The van der Waals surface area contributed by atoms with E-state index in [1.807, 2.05) is 0 Å². The van der Waals surface area contributed by atoms with Crippen molar-refractivity contribution in [1.82, 2.24) is 10.0 Å². The van der Waals surface area contributed by atoms with Gasteiger partial charge in [0.1, 0.15) is 5.76 Å². The second kappa shape index (κ2) is 9.37. The molecule has 2 amide bonds. The normalized spacial score (nSPS) is 11.7. The van der Waals surface area contributed by atoms with E-state index < -0.39 is 21.5 Å². The average molecular weight is 456 g/mol. The van der Waals surface area contributed by atoms with Crippen LogP contribution < -0.4 is 15.4 Å². The Hall–Kier alpha value is -3.43. The van der Waals surface area contributed by atoms with Crippen molar-refractivity contribution in [2.75, 3.05) is 5.32 Å². The molecule has 0 aliphatic rings. The number of carbonyl (C=O) groups excluding carboxylic acids is 2. The van der Waals surface area contributed by atoms with Crippen LogP contribution in [0.15, 0.2) is 76.2 Å². The minimum Gasteiger partial charge on any atom is -0.467 e. The minimum atomic E-state index is -3.70. The van der Waals surface area contributed by atoms with Crippen molar-refractivity contribution in [1.29, 1.82) is 0 Å². The third-order valence-corrected chi connectivity index (χ3v) is 6.06. The molecule has 0 fully saturated rings. The first-order chi connectivity index (χ1) is 15.0. The van der Waals surface area contributed by atoms with Gasteiger partial charge in [-0.05, 0) is 69.3 Å². The van der Waals surface area contributed by atoms with Crippen molar-refractivity contribution in [3.63, 3.8) is 0 Å². The lowest BCUT2D eigenvalue weighted by molar-refractivity contribution is 0.0949. The van der Waals surface area contributed by atoms with E-state index in [0.29, 0.717) is 17.0 Å². The lowest BCUT2D eigenvalue weighted by atomic mass is 10.1. The number of nitrogens with one attached hydrogen (secondary N) is 3. The van der Waals surface area contributed by atoms with Gasteiger partial charge in [0.2, 0.25) is 10.0 Å². The number of rotatable bonds is 7. The lowest BCUT2D eigenvalue weighted by Crippen LogP contribution is -2.40. The highest BCUT2D eigenvalue weighted by Crippen LogP contribution is 2.18. The molecule has 0 bridgehead atoms. The smallest absolute Gasteiger partial charge is 0.255 e. The van der Waals surface area contributed by atoms with Crippen molar-refractivity contribution in [2.24, 2.45) is 0 Å². The number of benzene rings is 2. The minimum absolute atomic E-state index is 0.0571. The first kappa shape index (κ1) is 23.2. The summed E-state index contributed by atoms with van der Waals surface area (Å²) in [7, 11) is -3.70. The summed E-state index contributed by atoms with van der Waals surface area (Å²) >= 11 is 0. The summed E-state index contributed by atoms with van der Waals surface area (Å²) in [5, 5.41) is 5.45. The van der Waals surface area contributed by atoms with Gasteiger partial charge in [0.15, 0.2) is 0 Å². The summed E-state index contributed by atoms with van der Waals surface area (Å²) in [6.45, 7) is 5.45. The maximum absolute atomic E-state index is 12.7. The lowest BCUT2D eigenvalue weighted by Gasteiger charge is -2.20. The Balaban J connectivity index is 1.71. The van der Waals surface area contributed by atoms with E-state index >= 15 is 0 Å². The summed E-state index contributed by atoms with van der Waals surface area (Å²) in [6, 6.07) is 15.7. The van der Waals surface area contributed by atoms with Crippen LogP contribution >= 0.6 is 0 Å². The molecule has 0 spiro atoms. The van der Waals surface area contributed by atoms with Gasteiger partial charge in [-0.25, -0.2) is 13.1 Å². The molecular weight excluding hydrogens is 430 g/mol. The molecule has 0 atom stereocenters. The monoisotopic (exact) mass is 455 g/mol. The number of amides is 2. The molecule has 0 unspecified atom stereocenters. The van der Waals surface area contributed by atoms with Crippen LogP contribution in [0.1, 0.15) is 47.2 Å². The summed E-state index contributed by atoms with van der Waals surface area (Å²) in [5.74, 6) is -0.230. The van der Waals surface area contributed by atoms with Gasteiger partial charge in [0.25, 0.3) is 11.8 Å². The van der Waals surface area contributed by atoms with Gasteiger partial charge in [-0.1, -0.05) is 12.1 Å². The van der Waals surface area contributed by atoms with Gasteiger partial charge >= 0.3 is 0 Å². The van der Waals surface area contributed by atoms with Gasteiger partial charge in [0.05, 0.1) is 29.0 Å². The van der Waals surface area contributed by atoms with Crippen molar-refractivity contribution < 1.29 is 22.4 Å². The molecular formula is C23H25N3O5S. The van der Waals surface area contributed by atoms with Crippen molar-refractivity contribution in [2.45, 2.75) is 37.8 Å². The molecule has 32 heavy (non-hydrogen) atoms. The Labute approximate surface area is 187 Å². The van der Waals surface area contributed by atoms with Crippen LogP contribution in [0.5, 0.6) is 0 Å². The van der Waals surface area contributed by atoms with E-state index in [9.17, 15) is 18.0 Å². The van der Waals surface area contributed by atoms with Gasteiger partial charge in [-0.2, -0.15) is 0 Å². The fourth-order valence-corrected chi connectivity index (χ4v) is 4.33. The summed E-state index contributed by atoms with van der Waals surface area (Å²) in [5.41, 5.74) is 0.253. The van der Waals surface area contributed by atoms with Crippen LogP contribution in [-0.4, -0.2) is 25.8 Å². The molecule has 0 saturated heterocycles. The first-order valence-electron chi connectivity index (χ1n) is 9.90. The van der Waals surface area contributed by atoms with Gasteiger partial charge in [0, 0.05) is 11.1 Å². The zero-order valence-corrected chi connectivity index (χ0v) is 18.8. The zero-order chi connectivity index (χ0) is 23.4. The predicted octanol–water partition coefficient (Wildman–Crippen LogP) is 3.54. The van der Waals surface area contributed by atoms with Gasteiger partial charge in [-0.15, -0.1) is 0 Å². The third kappa shape index (κ3) is 6.05. The zero-order valence-electron chi connectivity index (χ0n) is 18.0. The van der Waals surface area contributed by atoms with Crippen molar-refractivity contribution >= 4 is 27.5 Å². The highest BCUT2D eigenvalue weighted by Gasteiger charge is 2.22. The van der Waals surface area contributed by atoms with E-state index in [4.69, 9.17) is 4.42 Å². The van der Waals surface area contributed by atoms with E-state index in [1.165, 1.54) is 30.5 Å². The highest BCUT2D eigenvalue weighted by molar-refractivity contribution is 7.89. The number of furan rings is 1. The van der Waals surface area contributed by atoms with Crippen molar-refractivity contribution in [3.8, 4) is 0 Å². The van der Waals surface area contributed by atoms with Crippen molar-refractivity contribution in [3.05, 3.63) is 83.8 Å². The topological polar surface area (TPSA) is 118 Å². The molecule has 3 N–H and O–H groups in total.